The second-order valence-electron chi connectivity index (χ2n) is 3.06. The minimum atomic E-state index is -0.408. The maximum atomic E-state index is 11.4. The quantitative estimate of drug-likeness (QED) is 0.592. The highest BCUT2D eigenvalue weighted by Crippen LogP contribution is 2.26. The molecule has 0 saturated carbocycles. The van der Waals surface area contributed by atoms with Crippen LogP contribution in [-0.2, 0) is 0 Å². The Hall–Kier alpha value is -2.10. The number of ether oxygens (including phenoxy) is 1. The van der Waals surface area contributed by atoms with E-state index in [9.17, 15) is 9.59 Å². The van der Waals surface area contributed by atoms with E-state index in [2.05, 4.69) is 11.9 Å². The molecule has 2 rings (SSSR count). The average Bonchev–Trinajstić information content (AvgIpc) is 2.53. The molecule has 1 aromatic rings. The number of imide groups is 1. The van der Waals surface area contributed by atoms with Crippen LogP contribution in [0, 0.1) is 0 Å². The molecule has 1 aromatic carbocycles. The van der Waals surface area contributed by atoms with Gasteiger partial charge in [0, 0.05) is 0 Å². The Labute approximate surface area is 86.5 Å². The minimum Gasteiger partial charge on any atom is -0.489 e. The number of hydrogen-bond donors (Lipinski definition) is 1. The van der Waals surface area contributed by atoms with E-state index in [-0.39, 0.29) is 5.91 Å². The van der Waals surface area contributed by atoms with Crippen LogP contribution >= 0.6 is 0 Å². The molecular weight excluding hydrogens is 194 g/mol. The van der Waals surface area contributed by atoms with Gasteiger partial charge in [-0.05, 0) is 12.1 Å². The van der Waals surface area contributed by atoms with Gasteiger partial charge in [0.15, 0.2) is 0 Å². The molecule has 0 unspecified atom stereocenters. The van der Waals surface area contributed by atoms with E-state index in [0.717, 1.165) is 0 Å². The Morgan fingerprint density at radius 3 is 2.87 bits per heavy atom. The van der Waals surface area contributed by atoms with Gasteiger partial charge in [-0.25, -0.2) is 0 Å². The van der Waals surface area contributed by atoms with Gasteiger partial charge >= 0.3 is 0 Å². The highest BCUT2D eigenvalue weighted by atomic mass is 16.5. The van der Waals surface area contributed by atoms with Crippen LogP contribution in [0.1, 0.15) is 20.7 Å². The molecule has 0 radical (unpaired) electrons. The molecular formula is C11H9NO3. The zero-order chi connectivity index (χ0) is 10.8. The molecule has 0 aliphatic carbocycles. The molecule has 15 heavy (non-hydrogen) atoms. The van der Waals surface area contributed by atoms with Crippen molar-refractivity contribution in [3.63, 3.8) is 0 Å². The Bertz CT molecular complexity index is 451. The summed E-state index contributed by atoms with van der Waals surface area (Å²) in [7, 11) is 0. The second-order valence-corrected chi connectivity index (χ2v) is 3.06. The first-order valence-corrected chi connectivity index (χ1v) is 4.46. The van der Waals surface area contributed by atoms with Gasteiger partial charge in [-0.3, -0.25) is 14.9 Å². The van der Waals surface area contributed by atoms with Crippen molar-refractivity contribution in [2.45, 2.75) is 0 Å². The molecule has 1 heterocycles. The van der Waals surface area contributed by atoms with Crippen LogP contribution in [0.15, 0.2) is 30.9 Å². The molecule has 1 aliphatic heterocycles. The fourth-order valence-corrected chi connectivity index (χ4v) is 1.46. The summed E-state index contributed by atoms with van der Waals surface area (Å²) in [4.78, 5) is 22.7. The van der Waals surface area contributed by atoms with Crippen molar-refractivity contribution in [1.82, 2.24) is 5.32 Å². The Balaban J connectivity index is 2.45. The molecule has 1 N–H and O–H groups in total. The van der Waals surface area contributed by atoms with E-state index in [1.807, 2.05) is 0 Å². The van der Waals surface area contributed by atoms with Gasteiger partial charge in [0.1, 0.15) is 12.4 Å². The van der Waals surface area contributed by atoms with Gasteiger partial charge in [-0.2, -0.15) is 0 Å². The number of carbonyl (C=O) groups excluding carboxylic acids is 2. The Morgan fingerprint density at radius 2 is 2.13 bits per heavy atom. The third-order valence-corrected chi connectivity index (χ3v) is 2.08. The molecule has 0 fully saturated rings. The first-order chi connectivity index (χ1) is 7.24. The summed E-state index contributed by atoms with van der Waals surface area (Å²) >= 11 is 0. The van der Waals surface area contributed by atoms with Crippen molar-refractivity contribution in [3.8, 4) is 5.75 Å². The number of nitrogens with one attached hydrogen (secondary N) is 1. The third kappa shape index (κ3) is 1.50. The van der Waals surface area contributed by atoms with Gasteiger partial charge in [-0.15, -0.1) is 0 Å². The number of amides is 2. The van der Waals surface area contributed by atoms with Gasteiger partial charge in [0.2, 0.25) is 0 Å². The average molecular weight is 203 g/mol. The van der Waals surface area contributed by atoms with E-state index >= 15 is 0 Å². The van der Waals surface area contributed by atoms with Crippen LogP contribution in [0.5, 0.6) is 5.75 Å². The fourth-order valence-electron chi connectivity index (χ4n) is 1.46. The zero-order valence-electron chi connectivity index (χ0n) is 7.95. The van der Waals surface area contributed by atoms with E-state index in [1.165, 1.54) is 0 Å². The molecule has 0 bridgehead atoms. The van der Waals surface area contributed by atoms with Crippen molar-refractivity contribution in [1.29, 1.82) is 0 Å². The molecule has 76 valence electrons. The van der Waals surface area contributed by atoms with Crippen LogP contribution in [0.3, 0.4) is 0 Å². The smallest absolute Gasteiger partial charge is 0.262 e. The van der Waals surface area contributed by atoms with Crippen LogP contribution in [0.25, 0.3) is 0 Å². The fraction of sp³-hybridized carbons (Fsp3) is 0.0909. The minimum absolute atomic E-state index is 0.303. The summed E-state index contributed by atoms with van der Waals surface area (Å²) in [6.07, 6.45) is 1.58. The van der Waals surface area contributed by atoms with Crippen molar-refractivity contribution in [2.24, 2.45) is 0 Å². The molecule has 4 heteroatoms. The monoisotopic (exact) mass is 203 g/mol. The van der Waals surface area contributed by atoms with E-state index < -0.39 is 5.91 Å². The maximum Gasteiger partial charge on any atom is 0.262 e. The lowest BCUT2D eigenvalue weighted by Crippen LogP contribution is -2.20. The van der Waals surface area contributed by atoms with Crippen molar-refractivity contribution in [3.05, 3.63) is 42.0 Å². The number of fused-ring (bicyclic) bond motifs is 1. The normalized spacial score (nSPS) is 13.3. The molecule has 2 amide bonds. The highest BCUT2D eigenvalue weighted by Gasteiger charge is 2.29. The molecule has 0 aromatic heterocycles. The van der Waals surface area contributed by atoms with E-state index in [4.69, 9.17) is 4.74 Å². The predicted molar refractivity (Wildman–Crippen MR) is 53.9 cm³/mol. The Kier molecular flexibility index (Phi) is 2.25. The number of benzene rings is 1. The summed E-state index contributed by atoms with van der Waals surface area (Å²) in [6, 6.07) is 4.92. The van der Waals surface area contributed by atoms with Crippen molar-refractivity contribution >= 4 is 11.8 Å². The van der Waals surface area contributed by atoms with Gasteiger partial charge in [0.25, 0.3) is 11.8 Å². The third-order valence-electron chi connectivity index (χ3n) is 2.08. The number of hydrogen-bond acceptors (Lipinski definition) is 3. The van der Waals surface area contributed by atoms with Crippen LogP contribution in [0.4, 0.5) is 0 Å². The molecule has 0 saturated heterocycles. The summed E-state index contributed by atoms with van der Waals surface area (Å²) in [5.74, 6) is -0.371. The molecule has 1 aliphatic rings. The van der Waals surface area contributed by atoms with Crippen LogP contribution < -0.4 is 10.1 Å². The van der Waals surface area contributed by atoms with Gasteiger partial charge in [-0.1, -0.05) is 18.7 Å². The SMILES string of the molecule is C=CCOc1cccc2c1C(=O)NC2=O. The first kappa shape index (κ1) is 9.45. The summed E-state index contributed by atoms with van der Waals surface area (Å²) < 4.78 is 5.29. The second kappa shape index (κ2) is 3.57. The lowest BCUT2D eigenvalue weighted by atomic mass is 10.1. The number of rotatable bonds is 3. The molecule has 4 nitrogen and oxygen atoms in total. The van der Waals surface area contributed by atoms with Crippen molar-refractivity contribution < 1.29 is 14.3 Å². The molecule has 0 atom stereocenters. The Morgan fingerprint density at radius 1 is 1.33 bits per heavy atom. The van der Waals surface area contributed by atoms with E-state index in [0.29, 0.717) is 23.5 Å². The van der Waals surface area contributed by atoms with Crippen LogP contribution in [0.2, 0.25) is 0 Å². The summed E-state index contributed by atoms with van der Waals surface area (Å²) in [5, 5.41) is 2.22. The predicted octanol–water partition coefficient (Wildman–Crippen LogP) is 1.14. The number of carbonyl (C=O) groups is 2. The topological polar surface area (TPSA) is 55.4 Å². The van der Waals surface area contributed by atoms with E-state index in [1.54, 1.807) is 24.3 Å². The summed E-state index contributed by atoms with van der Waals surface area (Å²) in [6.45, 7) is 3.81. The highest BCUT2D eigenvalue weighted by molar-refractivity contribution is 6.22. The molecule has 0 spiro atoms. The lowest BCUT2D eigenvalue weighted by molar-refractivity contribution is 0.0879. The zero-order valence-corrected chi connectivity index (χ0v) is 7.95. The largest absolute Gasteiger partial charge is 0.489 e. The standard InChI is InChI=1S/C11H9NO3/c1-2-6-15-8-5-3-4-7-9(8)11(14)12-10(7)13/h2-5H,1,6H2,(H,12,13,14). The maximum absolute atomic E-state index is 11.4. The van der Waals surface area contributed by atoms with Crippen molar-refractivity contribution in [2.75, 3.05) is 6.61 Å². The van der Waals surface area contributed by atoms with Crippen LogP contribution in [-0.4, -0.2) is 18.4 Å². The lowest BCUT2D eigenvalue weighted by Gasteiger charge is -2.05. The summed E-state index contributed by atoms with van der Waals surface area (Å²) in [5.41, 5.74) is 0.672. The van der Waals surface area contributed by atoms with Gasteiger partial charge < -0.3 is 4.74 Å². The first-order valence-electron chi connectivity index (χ1n) is 4.46. The van der Waals surface area contributed by atoms with Gasteiger partial charge in [0.05, 0.1) is 11.1 Å².